The maximum absolute atomic E-state index is 11.2. The van der Waals surface area contributed by atoms with E-state index in [-0.39, 0.29) is 11.3 Å². The Morgan fingerprint density at radius 3 is 2.53 bits per heavy atom. The fourth-order valence-electron chi connectivity index (χ4n) is 1.89. The van der Waals surface area contributed by atoms with Gasteiger partial charge in [0.15, 0.2) is 5.79 Å². The molecule has 6 nitrogen and oxygen atoms in total. The summed E-state index contributed by atoms with van der Waals surface area (Å²) in [4.78, 5) is 0. The number of sulfonamides is 1. The van der Waals surface area contributed by atoms with Crippen molar-refractivity contribution < 1.29 is 17.9 Å². The van der Waals surface area contributed by atoms with E-state index in [0.717, 1.165) is 6.26 Å². The zero-order chi connectivity index (χ0) is 14.1. The standard InChI is InChI=1S/C12H14N2O4S/c1-12(17-5-6-18-12)10-3-4-11(9(7-10)8-13)14-19(2,15)16/h3-4,7,14H,5-6H2,1-2H3. The van der Waals surface area contributed by atoms with Crippen LogP contribution in [0.25, 0.3) is 0 Å². The van der Waals surface area contributed by atoms with Crippen LogP contribution >= 0.6 is 0 Å². The Morgan fingerprint density at radius 1 is 1.37 bits per heavy atom. The van der Waals surface area contributed by atoms with E-state index < -0.39 is 15.8 Å². The first-order valence-electron chi connectivity index (χ1n) is 5.64. The molecule has 1 aliphatic rings. The minimum absolute atomic E-state index is 0.225. The SMILES string of the molecule is CC1(c2ccc(NS(C)(=O)=O)c(C#N)c2)OCCO1. The fraction of sp³-hybridized carbons (Fsp3) is 0.417. The highest BCUT2D eigenvalue weighted by Crippen LogP contribution is 2.32. The van der Waals surface area contributed by atoms with Gasteiger partial charge in [0.1, 0.15) is 6.07 Å². The van der Waals surface area contributed by atoms with Gasteiger partial charge in [-0.15, -0.1) is 0 Å². The van der Waals surface area contributed by atoms with Gasteiger partial charge in [-0.3, -0.25) is 4.72 Å². The monoisotopic (exact) mass is 282 g/mol. The van der Waals surface area contributed by atoms with Gasteiger partial charge in [-0.25, -0.2) is 8.42 Å². The van der Waals surface area contributed by atoms with Crippen LogP contribution in [0.1, 0.15) is 18.1 Å². The van der Waals surface area contributed by atoms with E-state index >= 15 is 0 Å². The molecule has 2 rings (SSSR count). The first-order valence-corrected chi connectivity index (χ1v) is 7.53. The second-order valence-corrected chi connectivity index (χ2v) is 6.14. The zero-order valence-corrected chi connectivity index (χ0v) is 11.5. The molecule has 0 unspecified atom stereocenters. The average Bonchev–Trinajstić information content (AvgIpc) is 2.76. The molecule has 1 aromatic rings. The van der Waals surface area contributed by atoms with Crippen LogP contribution in [-0.4, -0.2) is 27.9 Å². The van der Waals surface area contributed by atoms with Gasteiger partial charge in [0.2, 0.25) is 10.0 Å². The molecule has 1 aliphatic heterocycles. The van der Waals surface area contributed by atoms with Crippen molar-refractivity contribution in [2.75, 3.05) is 24.2 Å². The smallest absolute Gasteiger partial charge is 0.229 e. The van der Waals surface area contributed by atoms with Gasteiger partial charge in [-0.1, -0.05) is 6.07 Å². The molecule has 19 heavy (non-hydrogen) atoms. The average molecular weight is 282 g/mol. The number of benzene rings is 1. The quantitative estimate of drug-likeness (QED) is 0.898. The Kier molecular flexibility index (Phi) is 3.49. The number of hydrogen-bond acceptors (Lipinski definition) is 5. The molecule has 0 aromatic heterocycles. The van der Waals surface area contributed by atoms with Crippen LogP contribution in [0.5, 0.6) is 0 Å². The number of nitriles is 1. The number of nitrogens with zero attached hydrogens (tertiary/aromatic N) is 1. The van der Waals surface area contributed by atoms with E-state index in [1.165, 1.54) is 6.07 Å². The maximum Gasteiger partial charge on any atom is 0.229 e. The van der Waals surface area contributed by atoms with Gasteiger partial charge in [-0.2, -0.15) is 5.26 Å². The summed E-state index contributed by atoms with van der Waals surface area (Å²) < 4.78 is 35.7. The van der Waals surface area contributed by atoms with Crippen LogP contribution in [0.15, 0.2) is 18.2 Å². The minimum atomic E-state index is -3.42. The Labute approximate surface area is 112 Å². The molecular formula is C12H14N2O4S. The molecule has 0 radical (unpaired) electrons. The van der Waals surface area contributed by atoms with Crippen LogP contribution in [0.4, 0.5) is 5.69 Å². The summed E-state index contributed by atoms with van der Waals surface area (Å²) in [5.41, 5.74) is 1.15. The van der Waals surface area contributed by atoms with Crippen molar-refractivity contribution in [3.8, 4) is 6.07 Å². The highest BCUT2D eigenvalue weighted by molar-refractivity contribution is 7.92. The van der Waals surface area contributed by atoms with Crippen molar-refractivity contribution in [2.45, 2.75) is 12.7 Å². The Balaban J connectivity index is 2.39. The normalized spacial score (nSPS) is 17.9. The largest absolute Gasteiger partial charge is 0.344 e. The highest BCUT2D eigenvalue weighted by Gasteiger charge is 2.33. The van der Waals surface area contributed by atoms with E-state index in [1.807, 2.05) is 6.07 Å². The number of hydrogen-bond donors (Lipinski definition) is 1. The topological polar surface area (TPSA) is 88.4 Å². The summed E-state index contributed by atoms with van der Waals surface area (Å²) >= 11 is 0. The van der Waals surface area contributed by atoms with Crippen molar-refractivity contribution in [3.63, 3.8) is 0 Å². The van der Waals surface area contributed by atoms with Crippen LogP contribution in [-0.2, 0) is 25.3 Å². The van der Waals surface area contributed by atoms with E-state index in [4.69, 9.17) is 14.7 Å². The molecule has 1 aromatic carbocycles. The van der Waals surface area contributed by atoms with Gasteiger partial charge >= 0.3 is 0 Å². The molecule has 0 saturated carbocycles. The number of rotatable bonds is 3. The van der Waals surface area contributed by atoms with Crippen molar-refractivity contribution in [2.24, 2.45) is 0 Å². The molecule has 0 bridgehead atoms. The van der Waals surface area contributed by atoms with E-state index in [9.17, 15) is 8.42 Å². The molecule has 1 saturated heterocycles. The lowest BCUT2D eigenvalue weighted by Gasteiger charge is -2.23. The summed E-state index contributed by atoms with van der Waals surface area (Å²) in [6.45, 7) is 2.74. The van der Waals surface area contributed by atoms with Crippen molar-refractivity contribution in [1.82, 2.24) is 0 Å². The summed E-state index contributed by atoms with van der Waals surface area (Å²) in [6, 6.07) is 6.74. The third-order valence-corrected chi connectivity index (χ3v) is 3.39. The summed E-state index contributed by atoms with van der Waals surface area (Å²) in [7, 11) is -3.42. The third kappa shape index (κ3) is 3.04. The maximum atomic E-state index is 11.2. The van der Waals surface area contributed by atoms with E-state index in [1.54, 1.807) is 19.1 Å². The number of ether oxygens (including phenoxy) is 2. The number of nitrogens with one attached hydrogen (secondary N) is 1. The summed E-state index contributed by atoms with van der Waals surface area (Å²) in [5, 5.41) is 9.10. The second kappa shape index (κ2) is 4.81. The molecule has 0 spiro atoms. The summed E-state index contributed by atoms with van der Waals surface area (Å²) in [5.74, 6) is -0.880. The van der Waals surface area contributed by atoms with Crippen LogP contribution in [0.3, 0.4) is 0 Å². The Bertz CT molecular complexity index is 628. The molecule has 1 heterocycles. The summed E-state index contributed by atoms with van der Waals surface area (Å²) in [6.07, 6.45) is 1.03. The number of anilines is 1. The molecule has 7 heteroatoms. The molecule has 102 valence electrons. The van der Waals surface area contributed by atoms with Crippen molar-refractivity contribution in [1.29, 1.82) is 5.26 Å². The lowest BCUT2D eigenvalue weighted by Crippen LogP contribution is -2.22. The predicted molar refractivity (Wildman–Crippen MR) is 68.9 cm³/mol. The van der Waals surface area contributed by atoms with Gasteiger partial charge in [0.25, 0.3) is 0 Å². The van der Waals surface area contributed by atoms with Crippen LogP contribution in [0.2, 0.25) is 0 Å². The second-order valence-electron chi connectivity index (χ2n) is 4.39. The Hall–Kier alpha value is -1.62. The third-order valence-electron chi connectivity index (χ3n) is 2.80. The van der Waals surface area contributed by atoms with Gasteiger partial charge in [0.05, 0.1) is 30.7 Å². The highest BCUT2D eigenvalue weighted by atomic mass is 32.2. The minimum Gasteiger partial charge on any atom is -0.344 e. The molecule has 0 atom stereocenters. The Morgan fingerprint density at radius 2 is 2.00 bits per heavy atom. The van der Waals surface area contributed by atoms with E-state index in [2.05, 4.69) is 4.72 Å². The van der Waals surface area contributed by atoms with Crippen molar-refractivity contribution >= 4 is 15.7 Å². The molecule has 1 N–H and O–H groups in total. The molecule has 0 aliphatic carbocycles. The molecule has 0 amide bonds. The molecular weight excluding hydrogens is 268 g/mol. The van der Waals surface area contributed by atoms with Gasteiger partial charge in [0, 0.05) is 5.56 Å². The van der Waals surface area contributed by atoms with Crippen LogP contribution < -0.4 is 4.72 Å². The first kappa shape index (κ1) is 13.8. The first-order chi connectivity index (χ1) is 8.84. The molecule has 1 fully saturated rings. The zero-order valence-electron chi connectivity index (χ0n) is 10.6. The van der Waals surface area contributed by atoms with E-state index in [0.29, 0.717) is 18.8 Å². The van der Waals surface area contributed by atoms with Gasteiger partial charge in [-0.05, 0) is 19.1 Å². The lowest BCUT2D eigenvalue weighted by atomic mass is 10.0. The fourth-order valence-corrected chi connectivity index (χ4v) is 2.47. The van der Waals surface area contributed by atoms with Crippen LogP contribution in [0, 0.1) is 11.3 Å². The van der Waals surface area contributed by atoms with Crippen molar-refractivity contribution in [3.05, 3.63) is 29.3 Å². The predicted octanol–water partition coefficient (Wildman–Crippen LogP) is 1.15. The lowest BCUT2D eigenvalue weighted by molar-refractivity contribution is -0.149. The van der Waals surface area contributed by atoms with Gasteiger partial charge < -0.3 is 9.47 Å².